The van der Waals surface area contributed by atoms with E-state index in [1.807, 2.05) is 0 Å². The third-order valence-corrected chi connectivity index (χ3v) is 4.37. The van der Waals surface area contributed by atoms with Crippen LogP contribution in [0.4, 0.5) is 0 Å². The summed E-state index contributed by atoms with van der Waals surface area (Å²) in [6.45, 7) is 9.88. The van der Waals surface area contributed by atoms with Gasteiger partial charge in [-0.15, -0.1) is 0 Å². The van der Waals surface area contributed by atoms with Gasteiger partial charge in [-0.2, -0.15) is 0 Å². The summed E-state index contributed by atoms with van der Waals surface area (Å²) in [5, 5.41) is 3.66. The van der Waals surface area contributed by atoms with Crippen molar-refractivity contribution in [3.05, 3.63) is 0 Å². The molecule has 0 spiro atoms. The van der Waals surface area contributed by atoms with Crippen LogP contribution in [0.15, 0.2) is 0 Å². The van der Waals surface area contributed by atoms with Gasteiger partial charge < -0.3 is 10.2 Å². The average molecular weight is 224 g/mol. The van der Waals surface area contributed by atoms with Crippen molar-refractivity contribution in [3.63, 3.8) is 0 Å². The molecule has 1 saturated carbocycles. The molecule has 0 aromatic rings. The highest BCUT2D eigenvalue weighted by molar-refractivity contribution is 4.88. The minimum atomic E-state index is 0.639. The van der Waals surface area contributed by atoms with Crippen LogP contribution in [0.1, 0.15) is 52.4 Å². The quantitative estimate of drug-likeness (QED) is 0.772. The molecule has 1 unspecified atom stereocenters. The number of likely N-dealkylation sites (tertiary alicyclic amines) is 1. The van der Waals surface area contributed by atoms with Gasteiger partial charge in [0.15, 0.2) is 0 Å². The van der Waals surface area contributed by atoms with Crippen LogP contribution in [0, 0.1) is 5.41 Å². The number of nitrogens with zero attached hydrogens (tertiary/aromatic N) is 1. The van der Waals surface area contributed by atoms with Crippen LogP contribution in [0.3, 0.4) is 0 Å². The second kappa shape index (κ2) is 5.50. The van der Waals surface area contributed by atoms with E-state index >= 15 is 0 Å². The summed E-state index contributed by atoms with van der Waals surface area (Å²) in [6.07, 6.45) is 8.45. The molecule has 2 nitrogen and oxygen atoms in total. The second-order valence-corrected chi connectivity index (χ2v) is 6.19. The molecular formula is C14H28N2. The summed E-state index contributed by atoms with van der Waals surface area (Å²) >= 11 is 0. The van der Waals surface area contributed by atoms with Crippen LogP contribution in [0.25, 0.3) is 0 Å². The van der Waals surface area contributed by atoms with E-state index in [0.717, 1.165) is 6.04 Å². The first-order valence-electron chi connectivity index (χ1n) is 7.18. The smallest absolute Gasteiger partial charge is 0.0207 e. The van der Waals surface area contributed by atoms with E-state index in [1.165, 1.54) is 64.7 Å². The molecule has 0 amide bonds. The predicted octanol–water partition coefficient (Wildman–Crippen LogP) is 2.64. The zero-order chi connectivity index (χ0) is 11.4. The highest BCUT2D eigenvalue weighted by Gasteiger charge is 2.33. The normalized spacial score (nSPS) is 30.0. The maximum Gasteiger partial charge on any atom is 0.0207 e. The Hall–Kier alpha value is -0.0800. The lowest BCUT2D eigenvalue weighted by molar-refractivity contribution is 0.193. The zero-order valence-corrected chi connectivity index (χ0v) is 11.1. The van der Waals surface area contributed by atoms with Gasteiger partial charge in [-0.25, -0.2) is 0 Å². The van der Waals surface area contributed by atoms with Crippen molar-refractivity contribution >= 4 is 0 Å². The lowest BCUT2D eigenvalue weighted by Crippen LogP contribution is -2.37. The molecule has 1 aliphatic heterocycles. The summed E-state index contributed by atoms with van der Waals surface area (Å²) in [6, 6.07) is 0.768. The van der Waals surface area contributed by atoms with Gasteiger partial charge in [-0.3, -0.25) is 0 Å². The first-order valence-corrected chi connectivity index (χ1v) is 7.18. The van der Waals surface area contributed by atoms with Gasteiger partial charge in [-0.05, 0) is 44.2 Å². The molecule has 16 heavy (non-hydrogen) atoms. The highest BCUT2D eigenvalue weighted by Crippen LogP contribution is 2.38. The van der Waals surface area contributed by atoms with Gasteiger partial charge >= 0.3 is 0 Å². The Morgan fingerprint density at radius 1 is 1.31 bits per heavy atom. The molecular weight excluding hydrogens is 196 g/mol. The van der Waals surface area contributed by atoms with Crippen LogP contribution in [-0.2, 0) is 0 Å². The van der Waals surface area contributed by atoms with Crippen molar-refractivity contribution in [3.8, 4) is 0 Å². The fraction of sp³-hybridized carbons (Fsp3) is 1.00. The van der Waals surface area contributed by atoms with Crippen molar-refractivity contribution in [1.29, 1.82) is 0 Å². The van der Waals surface area contributed by atoms with Crippen molar-refractivity contribution in [2.45, 2.75) is 58.4 Å². The third kappa shape index (κ3) is 3.21. The van der Waals surface area contributed by atoms with Crippen LogP contribution in [0.2, 0.25) is 0 Å². The van der Waals surface area contributed by atoms with Gasteiger partial charge in [0.25, 0.3) is 0 Å². The Labute approximate surface area is 101 Å². The lowest BCUT2D eigenvalue weighted by Gasteiger charge is -2.29. The van der Waals surface area contributed by atoms with Gasteiger partial charge in [-0.1, -0.05) is 26.7 Å². The molecule has 2 aliphatic rings. The van der Waals surface area contributed by atoms with Gasteiger partial charge in [0.1, 0.15) is 0 Å². The molecule has 2 heteroatoms. The molecule has 2 fully saturated rings. The molecule has 1 heterocycles. The average Bonchev–Trinajstić information content (AvgIpc) is 2.85. The summed E-state index contributed by atoms with van der Waals surface area (Å²) in [7, 11) is 0. The summed E-state index contributed by atoms with van der Waals surface area (Å²) in [4.78, 5) is 2.69. The Balaban J connectivity index is 1.72. The molecule has 1 saturated heterocycles. The topological polar surface area (TPSA) is 15.3 Å². The highest BCUT2D eigenvalue weighted by atomic mass is 15.2. The molecule has 0 radical (unpaired) electrons. The number of hydrogen-bond donors (Lipinski definition) is 1. The fourth-order valence-electron chi connectivity index (χ4n) is 3.42. The Kier molecular flexibility index (Phi) is 4.26. The summed E-state index contributed by atoms with van der Waals surface area (Å²) < 4.78 is 0. The predicted molar refractivity (Wildman–Crippen MR) is 69.7 cm³/mol. The van der Waals surface area contributed by atoms with E-state index in [9.17, 15) is 0 Å². The maximum atomic E-state index is 3.66. The van der Waals surface area contributed by atoms with E-state index < -0.39 is 0 Å². The third-order valence-electron chi connectivity index (χ3n) is 4.37. The minimum absolute atomic E-state index is 0.639. The summed E-state index contributed by atoms with van der Waals surface area (Å²) in [5.41, 5.74) is 0.639. The molecule has 94 valence electrons. The van der Waals surface area contributed by atoms with E-state index in [0.29, 0.717) is 5.41 Å². The molecule has 0 aromatic heterocycles. The van der Waals surface area contributed by atoms with Gasteiger partial charge in [0.2, 0.25) is 0 Å². The van der Waals surface area contributed by atoms with E-state index in [4.69, 9.17) is 0 Å². The van der Waals surface area contributed by atoms with Crippen LogP contribution >= 0.6 is 0 Å². The molecule has 1 N–H and O–H groups in total. The van der Waals surface area contributed by atoms with E-state index in [2.05, 4.69) is 24.1 Å². The van der Waals surface area contributed by atoms with E-state index in [-0.39, 0.29) is 0 Å². The van der Waals surface area contributed by atoms with E-state index in [1.54, 1.807) is 0 Å². The zero-order valence-electron chi connectivity index (χ0n) is 11.1. The number of rotatable bonds is 5. The fourth-order valence-corrected chi connectivity index (χ4v) is 3.42. The van der Waals surface area contributed by atoms with Gasteiger partial charge in [0.05, 0.1) is 0 Å². The van der Waals surface area contributed by atoms with Crippen molar-refractivity contribution in [2.24, 2.45) is 5.41 Å². The SMILES string of the molecule is CCCNC1CCN(CC2(C)CCCC2)C1. The first-order chi connectivity index (χ1) is 7.72. The van der Waals surface area contributed by atoms with Crippen molar-refractivity contribution in [2.75, 3.05) is 26.2 Å². The standard InChI is InChI=1S/C14H28N2/c1-3-9-15-13-6-10-16(11-13)12-14(2)7-4-5-8-14/h13,15H,3-12H2,1-2H3. The first kappa shape index (κ1) is 12.4. The van der Waals surface area contributed by atoms with Crippen LogP contribution in [-0.4, -0.2) is 37.1 Å². The Bertz CT molecular complexity index is 209. The van der Waals surface area contributed by atoms with Crippen molar-refractivity contribution in [1.82, 2.24) is 10.2 Å². The second-order valence-electron chi connectivity index (χ2n) is 6.19. The van der Waals surface area contributed by atoms with Crippen LogP contribution < -0.4 is 5.32 Å². The number of hydrogen-bond acceptors (Lipinski definition) is 2. The summed E-state index contributed by atoms with van der Waals surface area (Å²) in [5.74, 6) is 0. The minimum Gasteiger partial charge on any atom is -0.313 e. The molecule has 2 rings (SSSR count). The Morgan fingerprint density at radius 3 is 2.75 bits per heavy atom. The molecule has 1 atom stereocenters. The molecule has 0 aromatic carbocycles. The maximum absolute atomic E-state index is 3.66. The monoisotopic (exact) mass is 224 g/mol. The molecule has 1 aliphatic carbocycles. The van der Waals surface area contributed by atoms with Crippen LogP contribution in [0.5, 0.6) is 0 Å². The lowest BCUT2D eigenvalue weighted by atomic mass is 9.88. The largest absolute Gasteiger partial charge is 0.313 e. The molecule has 0 bridgehead atoms. The Morgan fingerprint density at radius 2 is 2.06 bits per heavy atom. The van der Waals surface area contributed by atoms with Crippen molar-refractivity contribution < 1.29 is 0 Å². The number of nitrogens with one attached hydrogen (secondary N) is 1. The van der Waals surface area contributed by atoms with Gasteiger partial charge in [0, 0.05) is 19.1 Å².